The van der Waals surface area contributed by atoms with E-state index in [-0.39, 0.29) is 0 Å². The molecule has 1 saturated heterocycles. The number of halogens is 3. The maximum atomic E-state index is 13.2. The number of fused-ring (bicyclic) bond motifs is 2. The van der Waals surface area contributed by atoms with Crippen LogP contribution in [-0.2, 0) is 6.18 Å². The van der Waals surface area contributed by atoms with E-state index in [0.717, 1.165) is 52.4 Å². The Balaban J connectivity index is 1.92. The first-order valence-corrected chi connectivity index (χ1v) is 9.14. The normalized spacial score (nSPS) is 18.1. The number of hydrogen-bond acceptors (Lipinski definition) is 2. The van der Waals surface area contributed by atoms with Crippen LogP contribution in [-0.4, -0.2) is 25.0 Å². The molecular formula is C20H18F3NS. The summed E-state index contributed by atoms with van der Waals surface area (Å²) in [5.74, 6) is 0. The Bertz CT molecular complexity index is 844. The molecular weight excluding hydrogens is 343 g/mol. The molecule has 2 aliphatic heterocycles. The largest absolute Gasteiger partial charge is 0.416 e. The highest BCUT2D eigenvalue weighted by Gasteiger charge is 2.33. The van der Waals surface area contributed by atoms with E-state index in [1.807, 2.05) is 18.2 Å². The molecule has 2 aromatic carbocycles. The Kier molecular flexibility index (Phi) is 4.16. The summed E-state index contributed by atoms with van der Waals surface area (Å²) in [7, 11) is 2.09. The second-order valence-electron chi connectivity index (χ2n) is 6.59. The maximum Gasteiger partial charge on any atom is 0.416 e. The molecule has 2 heterocycles. The zero-order valence-corrected chi connectivity index (χ0v) is 14.7. The Morgan fingerprint density at radius 1 is 0.920 bits per heavy atom. The molecule has 5 heteroatoms. The van der Waals surface area contributed by atoms with Crippen molar-refractivity contribution < 1.29 is 13.2 Å². The molecule has 0 atom stereocenters. The first-order chi connectivity index (χ1) is 11.9. The lowest BCUT2D eigenvalue weighted by Crippen LogP contribution is -2.27. The van der Waals surface area contributed by atoms with E-state index in [1.54, 1.807) is 17.8 Å². The van der Waals surface area contributed by atoms with Gasteiger partial charge in [-0.25, -0.2) is 0 Å². The summed E-state index contributed by atoms with van der Waals surface area (Å²) in [6, 6.07) is 12.2. The van der Waals surface area contributed by atoms with Gasteiger partial charge in [0.15, 0.2) is 0 Å². The van der Waals surface area contributed by atoms with Gasteiger partial charge in [0.25, 0.3) is 0 Å². The van der Waals surface area contributed by atoms with Crippen molar-refractivity contribution in [2.24, 2.45) is 0 Å². The van der Waals surface area contributed by atoms with Crippen LogP contribution < -0.4 is 0 Å². The summed E-state index contributed by atoms with van der Waals surface area (Å²) >= 11 is 1.56. The summed E-state index contributed by atoms with van der Waals surface area (Å²) in [5, 5.41) is 0. The van der Waals surface area contributed by atoms with Gasteiger partial charge in [0.1, 0.15) is 0 Å². The third kappa shape index (κ3) is 3.11. The van der Waals surface area contributed by atoms with Crippen LogP contribution in [0.25, 0.3) is 5.57 Å². The minimum atomic E-state index is -4.32. The van der Waals surface area contributed by atoms with Crippen molar-refractivity contribution in [3.05, 3.63) is 64.7 Å². The summed E-state index contributed by atoms with van der Waals surface area (Å²) < 4.78 is 39.7. The van der Waals surface area contributed by atoms with Crippen LogP contribution in [0.2, 0.25) is 0 Å². The minimum Gasteiger partial charge on any atom is -0.306 e. The van der Waals surface area contributed by atoms with Crippen molar-refractivity contribution in [3.8, 4) is 0 Å². The smallest absolute Gasteiger partial charge is 0.306 e. The number of rotatable bonds is 0. The molecule has 0 aliphatic carbocycles. The summed E-state index contributed by atoms with van der Waals surface area (Å²) in [4.78, 5) is 4.30. The SMILES string of the molecule is CN1CCC(=C2c3ccccc3Sc3ccc(C(F)(F)F)cc32)CC1. The molecule has 0 amide bonds. The van der Waals surface area contributed by atoms with E-state index in [4.69, 9.17) is 0 Å². The van der Waals surface area contributed by atoms with Gasteiger partial charge in [-0.1, -0.05) is 35.5 Å². The Labute approximate surface area is 149 Å². The van der Waals surface area contributed by atoms with Gasteiger partial charge < -0.3 is 4.90 Å². The lowest BCUT2D eigenvalue weighted by Gasteiger charge is -2.30. The van der Waals surface area contributed by atoms with Crippen LogP contribution in [0.1, 0.15) is 29.5 Å². The van der Waals surface area contributed by atoms with E-state index in [2.05, 4.69) is 18.0 Å². The number of hydrogen-bond donors (Lipinski definition) is 0. The second-order valence-corrected chi connectivity index (χ2v) is 7.67. The monoisotopic (exact) mass is 361 g/mol. The lowest BCUT2D eigenvalue weighted by molar-refractivity contribution is -0.137. The molecule has 0 bridgehead atoms. The highest BCUT2D eigenvalue weighted by Crippen LogP contribution is 2.49. The molecule has 1 nitrogen and oxygen atoms in total. The number of likely N-dealkylation sites (tertiary alicyclic amines) is 1. The van der Waals surface area contributed by atoms with Gasteiger partial charge in [0, 0.05) is 22.9 Å². The van der Waals surface area contributed by atoms with Crippen LogP contribution in [0.4, 0.5) is 13.2 Å². The summed E-state index contributed by atoms with van der Waals surface area (Å²) in [5.41, 5.74) is 3.52. The summed E-state index contributed by atoms with van der Waals surface area (Å²) in [6.45, 7) is 1.89. The number of benzene rings is 2. The van der Waals surface area contributed by atoms with Gasteiger partial charge >= 0.3 is 6.18 Å². The maximum absolute atomic E-state index is 13.2. The van der Waals surface area contributed by atoms with Gasteiger partial charge in [0.05, 0.1) is 5.56 Å². The van der Waals surface area contributed by atoms with E-state index in [0.29, 0.717) is 0 Å². The molecule has 0 saturated carbocycles. The van der Waals surface area contributed by atoms with Crippen molar-refractivity contribution in [3.63, 3.8) is 0 Å². The van der Waals surface area contributed by atoms with E-state index < -0.39 is 11.7 Å². The first kappa shape index (κ1) is 16.7. The molecule has 0 N–H and O–H groups in total. The van der Waals surface area contributed by atoms with Crippen molar-refractivity contribution in [2.45, 2.75) is 28.8 Å². The van der Waals surface area contributed by atoms with Crippen molar-refractivity contribution >= 4 is 17.3 Å². The van der Waals surface area contributed by atoms with Crippen LogP contribution in [0.5, 0.6) is 0 Å². The molecule has 0 unspecified atom stereocenters. The second kappa shape index (κ2) is 6.22. The average Bonchev–Trinajstić information content (AvgIpc) is 2.59. The van der Waals surface area contributed by atoms with E-state index in [1.165, 1.54) is 17.7 Å². The molecule has 2 aromatic rings. The van der Waals surface area contributed by atoms with Gasteiger partial charge in [-0.2, -0.15) is 13.2 Å². The molecule has 1 fully saturated rings. The van der Waals surface area contributed by atoms with Crippen molar-refractivity contribution in [1.82, 2.24) is 4.90 Å². The van der Waals surface area contributed by atoms with Crippen LogP contribution in [0.15, 0.2) is 57.8 Å². The predicted molar refractivity (Wildman–Crippen MR) is 94.8 cm³/mol. The van der Waals surface area contributed by atoms with Gasteiger partial charge in [-0.15, -0.1) is 0 Å². The number of nitrogens with zero attached hydrogens (tertiary/aromatic N) is 1. The first-order valence-electron chi connectivity index (χ1n) is 8.33. The van der Waals surface area contributed by atoms with Gasteiger partial charge in [-0.3, -0.25) is 0 Å². The van der Waals surface area contributed by atoms with Gasteiger partial charge in [0.2, 0.25) is 0 Å². The summed E-state index contributed by atoms with van der Waals surface area (Å²) in [6.07, 6.45) is -2.51. The Morgan fingerprint density at radius 2 is 1.60 bits per heavy atom. The lowest BCUT2D eigenvalue weighted by atomic mass is 9.87. The quantitative estimate of drug-likeness (QED) is 0.505. The van der Waals surface area contributed by atoms with Crippen LogP contribution in [0, 0.1) is 0 Å². The highest BCUT2D eigenvalue weighted by atomic mass is 32.2. The number of alkyl halides is 3. The fraction of sp³-hybridized carbons (Fsp3) is 0.300. The predicted octanol–water partition coefficient (Wildman–Crippen LogP) is 5.70. The zero-order chi connectivity index (χ0) is 17.6. The minimum absolute atomic E-state index is 0.572. The van der Waals surface area contributed by atoms with Crippen LogP contribution in [0.3, 0.4) is 0 Å². The molecule has 0 spiro atoms. The van der Waals surface area contributed by atoms with E-state index >= 15 is 0 Å². The molecule has 2 aliphatic rings. The molecule has 25 heavy (non-hydrogen) atoms. The standard InChI is InChI=1S/C20H18F3NS/c1-24-10-8-13(9-11-24)19-15-4-2-3-5-17(15)25-18-7-6-14(12-16(18)19)20(21,22)23/h2-7,12H,8-11H2,1H3. The fourth-order valence-corrected chi connectivity index (χ4v) is 4.61. The highest BCUT2D eigenvalue weighted by molar-refractivity contribution is 7.99. The fourth-order valence-electron chi connectivity index (χ4n) is 3.54. The molecule has 0 aromatic heterocycles. The molecule has 130 valence electrons. The Morgan fingerprint density at radius 3 is 2.32 bits per heavy atom. The third-order valence-corrected chi connectivity index (χ3v) is 6.05. The zero-order valence-electron chi connectivity index (χ0n) is 13.9. The molecule has 4 rings (SSSR count). The van der Waals surface area contributed by atoms with Crippen LogP contribution >= 0.6 is 11.8 Å². The van der Waals surface area contributed by atoms with Crippen molar-refractivity contribution in [1.29, 1.82) is 0 Å². The Hall–Kier alpha value is -1.72. The third-order valence-electron chi connectivity index (χ3n) is 4.90. The van der Waals surface area contributed by atoms with E-state index in [9.17, 15) is 13.2 Å². The average molecular weight is 361 g/mol. The number of piperidine rings is 1. The van der Waals surface area contributed by atoms with Crippen molar-refractivity contribution in [2.75, 3.05) is 20.1 Å². The van der Waals surface area contributed by atoms with Gasteiger partial charge in [-0.05, 0) is 60.9 Å². The molecule has 0 radical (unpaired) electrons. The topological polar surface area (TPSA) is 3.24 Å².